The molecule has 0 bridgehead atoms. The van der Waals surface area contributed by atoms with Crippen LogP contribution in [0.15, 0.2) is 65.3 Å². The summed E-state index contributed by atoms with van der Waals surface area (Å²) in [5.41, 5.74) is 8.61. The predicted molar refractivity (Wildman–Crippen MR) is 101 cm³/mol. The molecule has 0 spiro atoms. The molecular weight excluding hydrogens is 343 g/mol. The van der Waals surface area contributed by atoms with Crippen molar-refractivity contribution in [2.75, 3.05) is 6.54 Å². The normalized spacial score (nSPS) is 16.9. The Balaban J connectivity index is 1.49. The van der Waals surface area contributed by atoms with E-state index in [1.165, 1.54) is 17.7 Å². The second kappa shape index (κ2) is 8.43. The van der Waals surface area contributed by atoms with Crippen LogP contribution >= 0.6 is 0 Å². The first-order valence-corrected chi connectivity index (χ1v) is 9.19. The van der Waals surface area contributed by atoms with Crippen LogP contribution in [0.5, 0.6) is 0 Å². The van der Waals surface area contributed by atoms with Gasteiger partial charge in [-0.1, -0.05) is 12.1 Å². The minimum atomic E-state index is -0.215. The summed E-state index contributed by atoms with van der Waals surface area (Å²) >= 11 is 0. The third kappa shape index (κ3) is 4.80. The molecule has 1 aromatic carbocycles. The molecule has 3 heterocycles. The van der Waals surface area contributed by atoms with Crippen LogP contribution in [0.2, 0.25) is 0 Å². The highest BCUT2D eigenvalue weighted by Crippen LogP contribution is 2.23. The van der Waals surface area contributed by atoms with Crippen molar-refractivity contribution in [3.8, 4) is 0 Å². The van der Waals surface area contributed by atoms with Crippen molar-refractivity contribution >= 4 is 0 Å². The summed E-state index contributed by atoms with van der Waals surface area (Å²) in [7, 11) is 0. The second-order valence-corrected chi connectivity index (χ2v) is 6.84. The first kappa shape index (κ1) is 17.9. The smallest absolute Gasteiger partial charge is 0.123 e. The first-order chi connectivity index (χ1) is 13.3. The van der Waals surface area contributed by atoms with Crippen molar-refractivity contribution in [1.29, 1.82) is 0 Å². The molecule has 1 unspecified atom stereocenters. The van der Waals surface area contributed by atoms with Crippen LogP contribution in [-0.2, 0) is 19.6 Å². The number of rotatable bonds is 7. The van der Waals surface area contributed by atoms with Crippen molar-refractivity contribution in [3.63, 3.8) is 0 Å². The SMILES string of the molecule is Fc1ccc(CN(Cc2ccncc2)Cc2ccc(C3CCNN3)o2)cc1. The van der Waals surface area contributed by atoms with Crippen LogP contribution in [-0.4, -0.2) is 16.4 Å². The monoisotopic (exact) mass is 366 g/mol. The topological polar surface area (TPSA) is 53.3 Å². The number of nitrogens with zero attached hydrogens (tertiary/aromatic N) is 2. The van der Waals surface area contributed by atoms with Crippen molar-refractivity contribution in [1.82, 2.24) is 20.7 Å². The molecule has 4 rings (SSSR count). The van der Waals surface area contributed by atoms with Crippen LogP contribution in [0.25, 0.3) is 0 Å². The van der Waals surface area contributed by atoms with E-state index in [4.69, 9.17) is 4.42 Å². The van der Waals surface area contributed by atoms with Gasteiger partial charge in [0.15, 0.2) is 0 Å². The summed E-state index contributed by atoms with van der Waals surface area (Å²) in [6, 6.07) is 15.0. The molecule has 1 aliphatic rings. The van der Waals surface area contributed by atoms with Crippen LogP contribution in [0.1, 0.15) is 35.1 Å². The Morgan fingerprint density at radius 3 is 2.41 bits per heavy atom. The minimum absolute atomic E-state index is 0.215. The number of pyridine rings is 1. The summed E-state index contributed by atoms with van der Waals surface area (Å²) in [6.45, 7) is 3.10. The number of furan rings is 1. The average Bonchev–Trinajstić information content (AvgIpc) is 3.36. The molecule has 3 aromatic rings. The van der Waals surface area contributed by atoms with E-state index in [2.05, 4.69) is 20.7 Å². The summed E-state index contributed by atoms with van der Waals surface area (Å²) in [6.07, 6.45) is 4.62. The molecule has 2 aromatic heterocycles. The molecule has 1 atom stereocenters. The lowest BCUT2D eigenvalue weighted by Gasteiger charge is -2.21. The van der Waals surface area contributed by atoms with E-state index in [0.29, 0.717) is 13.1 Å². The quantitative estimate of drug-likeness (QED) is 0.670. The number of halogens is 1. The maximum atomic E-state index is 13.2. The number of hydrogen-bond acceptors (Lipinski definition) is 5. The van der Waals surface area contributed by atoms with Gasteiger partial charge >= 0.3 is 0 Å². The van der Waals surface area contributed by atoms with Crippen LogP contribution < -0.4 is 10.9 Å². The zero-order chi connectivity index (χ0) is 18.5. The number of benzene rings is 1. The van der Waals surface area contributed by atoms with E-state index in [1.54, 1.807) is 12.4 Å². The number of nitrogens with one attached hydrogen (secondary N) is 2. The van der Waals surface area contributed by atoms with Gasteiger partial charge < -0.3 is 4.42 Å². The van der Waals surface area contributed by atoms with Crippen molar-refractivity contribution < 1.29 is 8.81 Å². The van der Waals surface area contributed by atoms with Crippen LogP contribution in [0.3, 0.4) is 0 Å². The maximum absolute atomic E-state index is 13.2. The second-order valence-electron chi connectivity index (χ2n) is 6.84. The van der Waals surface area contributed by atoms with Gasteiger partial charge in [0.1, 0.15) is 17.3 Å². The number of aromatic nitrogens is 1. The Morgan fingerprint density at radius 1 is 0.963 bits per heavy atom. The largest absolute Gasteiger partial charge is 0.463 e. The lowest BCUT2D eigenvalue weighted by molar-refractivity contribution is 0.222. The summed E-state index contributed by atoms with van der Waals surface area (Å²) in [5.74, 6) is 1.67. The van der Waals surface area contributed by atoms with Crippen LogP contribution in [0.4, 0.5) is 4.39 Å². The molecule has 27 heavy (non-hydrogen) atoms. The van der Waals surface area contributed by atoms with Gasteiger partial charge in [0.25, 0.3) is 0 Å². The third-order valence-corrected chi connectivity index (χ3v) is 4.71. The number of hydrazine groups is 1. The van der Waals surface area contributed by atoms with E-state index in [-0.39, 0.29) is 11.9 Å². The van der Waals surface area contributed by atoms with E-state index >= 15 is 0 Å². The van der Waals surface area contributed by atoms with Gasteiger partial charge in [-0.15, -0.1) is 0 Å². The fourth-order valence-corrected chi connectivity index (χ4v) is 3.35. The van der Waals surface area contributed by atoms with Gasteiger partial charge in [-0.3, -0.25) is 15.3 Å². The van der Waals surface area contributed by atoms with Gasteiger partial charge in [-0.2, -0.15) is 0 Å². The lowest BCUT2D eigenvalue weighted by atomic mass is 10.2. The van der Waals surface area contributed by atoms with Crippen molar-refractivity contribution in [3.05, 3.63) is 89.4 Å². The minimum Gasteiger partial charge on any atom is -0.463 e. The Bertz CT molecular complexity index is 844. The highest BCUT2D eigenvalue weighted by molar-refractivity contribution is 5.18. The molecule has 5 nitrogen and oxygen atoms in total. The Morgan fingerprint density at radius 2 is 1.70 bits per heavy atom. The standard InChI is InChI=1S/C21H23FN4O/c22-18-3-1-16(2-4-18)13-26(14-17-7-10-23-11-8-17)15-19-5-6-21(27-19)20-9-12-24-25-20/h1-8,10-11,20,24-25H,9,12-15H2. The number of hydrogen-bond donors (Lipinski definition) is 2. The molecule has 1 aliphatic heterocycles. The van der Waals surface area contributed by atoms with E-state index < -0.39 is 0 Å². The van der Waals surface area contributed by atoms with E-state index in [1.807, 2.05) is 36.4 Å². The van der Waals surface area contributed by atoms with Crippen molar-refractivity contribution in [2.24, 2.45) is 0 Å². The van der Waals surface area contributed by atoms with Gasteiger partial charge in [-0.05, 0) is 53.9 Å². The van der Waals surface area contributed by atoms with E-state index in [0.717, 1.165) is 36.6 Å². The van der Waals surface area contributed by atoms with E-state index in [9.17, 15) is 4.39 Å². The van der Waals surface area contributed by atoms with Gasteiger partial charge in [0.05, 0.1) is 12.6 Å². The maximum Gasteiger partial charge on any atom is 0.123 e. The molecule has 0 amide bonds. The molecule has 0 aliphatic carbocycles. The molecule has 6 heteroatoms. The van der Waals surface area contributed by atoms with Crippen LogP contribution in [0, 0.1) is 5.82 Å². The average molecular weight is 366 g/mol. The molecule has 140 valence electrons. The zero-order valence-electron chi connectivity index (χ0n) is 15.1. The predicted octanol–water partition coefficient (Wildman–Crippen LogP) is 3.56. The van der Waals surface area contributed by atoms with Gasteiger partial charge in [-0.25, -0.2) is 9.82 Å². The Hall–Kier alpha value is -2.54. The molecule has 0 radical (unpaired) electrons. The fraction of sp³-hybridized carbons (Fsp3) is 0.286. The first-order valence-electron chi connectivity index (χ1n) is 9.19. The molecule has 1 fully saturated rings. The molecule has 1 saturated heterocycles. The molecule has 0 saturated carbocycles. The zero-order valence-corrected chi connectivity index (χ0v) is 15.1. The Labute approximate surface area is 158 Å². The summed E-state index contributed by atoms with van der Waals surface area (Å²) < 4.78 is 19.3. The fourth-order valence-electron chi connectivity index (χ4n) is 3.35. The lowest BCUT2D eigenvalue weighted by Crippen LogP contribution is -2.24. The highest BCUT2D eigenvalue weighted by Gasteiger charge is 2.20. The summed E-state index contributed by atoms with van der Waals surface area (Å²) in [5, 5.41) is 0. The summed E-state index contributed by atoms with van der Waals surface area (Å²) in [4.78, 5) is 6.37. The third-order valence-electron chi connectivity index (χ3n) is 4.71. The highest BCUT2D eigenvalue weighted by atomic mass is 19.1. The van der Waals surface area contributed by atoms with Gasteiger partial charge in [0.2, 0.25) is 0 Å². The van der Waals surface area contributed by atoms with Gasteiger partial charge in [0, 0.05) is 32.0 Å². The Kier molecular flexibility index (Phi) is 5.58. The molecule has 2 N–H and O–H groups in total. The van der Waals surface area contributed by atoms with Crippen molar-refractivity contribution in [2.45, 2.75) is 32.1 Å². The molecular formula is C21H23FN4O.